The largest absolute Gasteiger partial charge is 0.462 e. The maximum Gasteiger partial charge on any atom is 0.310 e. The number of fused-ring (bicyclic) bond motifs is 2. The quantitative estimate of drug-likeness (QED) is 0.780. The summed E-state index contributed by atoms with van der Waals surface area (Å²) in [5.74, 6) is -1.19. The third kappa shape index (κ3) is 2.24. The zero-order valence-electron chi connectivity index (χ0n) is 13.3. The molecule has 3 atom stereocenters. The fourth-order valence-corrected chi connectivity index (χ4v) is 4.33. The molecule has 3 rings (SSSR count). The molecule has 2 nitrogen and oxygen atoms in total. The fourth-order valence-electron chi connectivity index (χ4n) is 4.33. The van der Waals surface area contributed by atoms with Gasteiger partial charge >= 0.3 is 5.97 Å². The lowest BCUT2D eigenvalue weighted by molar-refractivity contribution is -0.156. The Balaban J connectivity index is 1.68. The topological polar surface area (TPSA) is 26.3 Å². The summed E-state index contributed by atoms with van der Waals surface area (Å²) in [6.45, 7) is 6.69. The minimum absolute atomic E-state index is 0.00529. The number of hydrogen-bond acceptors (Lipinski definition) is 2. The van der Waals surface area contributed by atoms with E-state index in [0.717, 1.165) is 25.0 Å². The van der Waals surface area contributed by atoms with Crippen molar-refractivity contribution in [2.45, 2.75) is 52.6 Å². The molecule has 0 radical (unpaired) electrons. The summed E-state index contributed by atoms with van der Waals surface area (Å²) < 4.78 is 32.2. The van der Waals surface area contributed by atoms with E-state index in [-0.39, 0.29) is 28.9 Å². The molecule has 0 heterocycles. The molecule has 0 N–H and O–H groups in total. The lowest BCUT2D eigenvalue weighted by atomic mass is 9.70. The molecular formula is C18H22F2O2. The van der Waals surface area contributed by atoms with Gasteiger partial charge < -0.3 is 4.74 Å². The van der Waals surface area contributed by atoms with Gasteiger partial charge in [-0.25, -0.2) is 8.78 Å². The van der Waals surface area contributed by atoms with Crippen molar-refractivity contribution >= 4 is 5.97 Å². The van der Waals surface area contributed by atoms with E-state index in [1.165, 1.54) is 12.5 Å². The summed E-state index contributed by atoms with van der Waals surface area (Å²) in [5.41, 5.74) is 0.340. The zero-order chi connectivity index (χ0) is 16.1. The van der Waals surface area contributed by atoms with Crippen molar-refractivity contribution < 1.29 is 18.3 Å². The first-order valence-corrected chi connectivity index (χ1v) is 7.87. The molecule has 0 aromatic heterocycles. The van der Waals surface area contributed by atoms with Crippen LogP contribution < -0.4 is 0 Å². The first-order valence-electron chi connectivity index (χ1n) is 7.87. The Labute approximate surface area is 129 Å². The number of esters is 1. The predicted octanol–water partition coefficient (Wildman–Crippen LogP) is 4.27. The van der Waals surface area contributed by atoms with E-state index in [2.05, 4.69) is 20.8 Å². The van der Waals surface area contributed by atoms with Gasteiger partial charge in [0.1, 0.15) is 17.7 Å². The van der Waals surface area contributed by atoms with E-state index in [1.807, 2.05) is 0 Å². The molecule has 2 fully saturated rings. The highest BCUT2D eigenvalue weighted by molar-refractivity contribution is 5.73. The Morgan fingerprint density at radius 2 is 2.05 bits per heavy atom. The Hall–Kier alpha value is -1.45. The monoisotopic (exact) mass is 308 g/mol. The summed E-state index contributed by atoms with van der Waals surface area (Å²) >= 11 is 0. The van der Waals surface area contributed by atoms with Crippen LogP contribution in [0.2, 0.25) is 0 Å². The molecule has 2 bridgehead atoms. The molecule has 120 valence electrons. The van der Waals surface area contributed by atoms with Gasteiger partial charge in [0.2, 0.25) is 0 Å². The van der Waals surface area contributed by atoms with E-state index in [0.29, 0.717) is 5.92 Å². The van der Waals surface area contributed by atoms with Gasteiger partial charge in [-0.2, -0.15) is 0 Å². The Morgan fingerprint density at radius 3 is 2.59 bits per heavy atom. The van der Waals surface area contributed by atoms with Crippen molar-refractivity contribution in [3.63, 3.8) is 0 Å². The van der Waals surface area contributed by atoms with E-state index in [1.54, 1.807) is 0 Å². The van der Waals surface area contributed by atoms with Crippen LogP contribution in [-0.2, 0) is 16.0 Å². The Kier molecular flexibility index (Phi) is 3.54. The van der Waals surface area contributed by atoms with Crippen LogP contribution >= 0.6 is 0 Å². The van der Waals surface area contributed by atoms with Crippen LogP contribution in [0.3, 0.4) is 0 Å². The zero-order valence-corrected chi connectivity index (χ0v) is 13.3. The molecule has 2 aliphatic rings. The van der Waals surface area contributed by atoms with Crippen LogP contribution in [0.4, 0.5) is 8.78 Å². The van der Waals surface area contributed by atoms with Gasteiger partial charge in [-0.3, -0.25) is 4.79 Å². The van der Waals surface area contributed by atoms with Crippen molar-refractivity contribution in [3.05, 3.63) is 35.4 Å². The van der Waals surface area contributed by atoms with E-state index in [9.17, 15) is 13.6 Å². The second-order valence-corrected chi connectivity index (χ2v) is 7.50. The number of rotatable bonds is 3. The van der Waals surface area contributed by atoms with Crippen LogP contribution in [0.15, 0.2) is 18.2 Å². The van der Waals surface area contributed by atoms with E-state index in [4.69, 9.17) is 4.74 Å². The number of ether oxygens (including phenoxy) is 1. The molecule has 2 aliphatic carbocycles. The first kappa shape index (κ1) is 15.4. The highest BCUT2D eigenvalue weighted by Crippen LogP contribution is 2.66. The molecule has 1 aromatic carbocycles. The van der Waals surface area contributed by atoms with Crippen LogP contribution in [0.5, 0.6) is 0 Å². The first-order chi connectivity index (χ1) is 10.2. The normalized spacial score (nSPS) is 32.2. The molecule has 2 saturated carbocycles. The highest BCUT2D eigenvalue weighted by Gasteiger charge is 2.62. The van der Waals surface area contributed by atoms with Crippen molar-refractivity contribution in [1.29, 1.82) is 0 Å². The minimum Gasteiger partial charge on any atom is -0.462 e. The van der Waals surface area contributed by atoms with Crippen LogP contribution in [-0.4, -0.2) is 12.1 Å². The summed E-state index contributed by atoms with van der Waals surface area (Å²) in [6, 6.07) is 3.26. The number of benzene rings is 1. The average Bonchev–Trinajstić information content (AvgIpc) is 2.75. The van der Waals surface area contributed by atoms with Gasteiger partial charge in [-0.15, -0.1) is 0 Å². The van der Waals surface area contributed by atoms with Crippen LogP contribution in [0.1, 0.15) is 45.6 Å². The van der Waals surface area contributed by atoms with Crippen LogP contribution in [0.25, 0.3) is 0 Å². The molecule has 1 aromatic rings. The molecule has 22 heavy (non-hydrogen) atoms. The van der Waals surface area contributed by atoms with Crippen molar-refractivity contribution in [1.82, 2.24) is 0 Å². The Morgan fingerprint density at radius 1 is 1.32 bits per heavy atom. The maximum absolute atomic E-state index is 13.6. The standard InChI is InChI=1S/C18H22F2O2/c1-17(2)12-6-7-18(17,3)15(9-12)22-16(21)8-11-4-5-13(19)10-14(11)20/h4-5,10,12,15H,6-9H2,1-3H3. The second kappa shape index (κ2) is 5.04. The third-order valence-electron chi connectivity index (χ3n) is 6.34. The van der Waals surface area contributed by atoms with Gasteiger partial charge in [0.25, 0.3) is 0 Å². The van der Waals surface area contributed by atoms with Gasteiger partial charge in [0.05, 0.1) is 6.42 Å². The number of carbonyl (C=O) groups is 1. The lowest BCUT2D eigenvalue weighted by Gasteiger charge is -2.38. The van der Waals surface area contributed by atoms with Gasteiger partial charge in [-0.05, 0) is 42.2 Å². The average molecular weight is 308 g/mol. The summed E-state index contributed by atoms with van der Waals surface area (Å²) in [4.78, 5) is 12.2. The summed E-state index contributed by atoms with van der Waals surface area (Å²) in [7, 11) is 0. The number of halogens is 2. The van der Waals surface area contributed by atoms with Gasteiger partial charge in [0, 0.05) is 11.5 Å². The SMILES string of the molecule is CC1(C)C2CCC1(C)C(OC(=O)Cc1ccc(F)cc1F)C2. The molecule has 0 aliphatic heterocycles. The van der Waals surface area contributed by atoms with Crippen molar-refractivity contribution in [2.24, 2.45) is 16.7 Å². The summed E-state index contributed by atoms with van der Waals surface area (Å²) in [5, 5.41) is 0. The van der Waals surface area contributed by atoms with Crippen molar-refractivity contribution in [2.75, 3.05) is 0 Å². The summed E-state index contributed by atoms with van der Waals surface area (Å²) in [6.07, 6.45) is 2.89. The minimum atomic E-state index is -0.698. The van der Waals surface area contributed by atoms with Gasteiger partial charge in [-0.1, -0.05) is 26.8 Å². The maximum atomic E-state index is 13.6. The highest BCUT2D eigenvalue weighted by atomic mass is 19.1. The predicted molar refractivity (Wildman–Crippen MR) is 79.2 cm³/mol. The number of carbonyl (C=O) groups excluding carboxylic acids is 1. The molecule has 4 heteroatoms. The molecule has 3 unspecified atom stereocenters. The fraction of sp³-hybridized carbons (Fsp3) is 0.611. The third-order valence-corrected chi connectivity index (χ3v) is 6.34. The molecule has 0 spiro atoms. The lowest BCUT2D eigenvalue weighted by Crippen LogP contribution is -2.38. The molecular weight excluding hydrogens is 286 g/mol. The van der Waals surface area contributed by atoms with Gasteiger partial charge in [0.15, 0.2) is 0 Å². The van der Waals surface area contributed by atoms with Crippen LogP contribution in [0, 0.1) is 28.4 Å². The Bertz CT molecular complexity index is 611. The van der Waals surface area contributed by atoms with E-state index >= 15 is 0 Å². The molecule has 0 amide bonds. The van der Waals surface area contributed by atoms with Crippen molar-refractivity contribution in [3.8, 4) is 0 Å². The number of hydrogen-bond donors (Lipinski definition) is 0. The second-order valence-electron chi connectivity index (χ2n) is 7.50. The molecule has 0 saturated heterocycles. The van der Waals surface area contributed by atoms with E-state index < -0.39 is 17.6 Å². The smallest absolute Gasteiger partial charge is 0.310 e.